The zero-order valence-electron chi connectivity index (χ0n) is 13.3. The molecule has 1 fully saturated rings. The van der Waals surface area contributed by atoms with E-state index < -0.39 is 0 Å². The minimum absolute atomic E-state index is 0.278. The summed E-state index contributed by atoms with van der Waals surface area (Å²) < 4.78 is 5.28. The number of piperidine rings is 1. The number of hydrogen-bond donors (Lipinski definition) is 1. The van der Waals surface area contributed by atoms with Gasteiger partial charge in [0.25, 0.3) is 0 Å². The van der Waals surface area contributed by atoms with Crippen molar-refractivity contribution in [1.82, 2.24) is 9.80 Å². The second-order valence-electron chi connectivity index (χ2n) is 6.06. The Morgan fingerprint density at radius 2 is 2.10 bits per heavy atom. The van der Waals surface area contributed by atoms with Gasteiger partial charge in [-0.3, -0.25) is 0 Å². The summed E-state index contributed by atoms with van der Waals surface area (Å²) in [5.74, 6) is 1.70. The van der Waals surface area contributed by atoms with Crippen LogP contribution in [0.3, 0.4) is 0 Å². The molecule has 2 rings (SSSR count). The van der Waals surface area contributed by atoms with E-state index in [9.17, 15) is 0 Å². The number of likely N-dealkylation sites (tertiary alicyclic amines) is 1. The number of methoxy groups -OCH3 is 1. The van der Waals surface area contributed by atoms with Crippen LogP contribution in [-0.2, 0) is 6.54 Å². The minimum Gasteiger partial charge on any atom is -0.497 e. The van der Waals surface area contributed by atoms with Crippen LogP contribution in [-0.4, -0.2) is 61.8 Å². The van der Waals surface area contributed by atoms with Crippen molar-refractivity contribution in [1.29, 1.82) is 0 Å². The molecule has 0 radical (unpaired) electrons. The lowest BCUT2D eigenvalue weighted by Gasteiger charge is -2.33. The predicted octanol–water partition coefficient (Wildman–Crippen LogP) is 1.83. The fourth-order valence-electron chi connectivity index (χ4n) is 3.12. The normalized spacial score (nSPS) is 17.3. The standard InChI is InChI=1S/C17H28N2O2/c1-18(14-16-4-3-5-17(12-16)21-2)13-15-6-8-19(9-7-15)10-11-20/h3-5,12,15,20H,6-11,13-14H2,1-2H3. The Hall–Kier alpha value is -1.10. The molecule has 0 bridgehead atoms. The zero-order valence-corrected chi connectivity index (χ0v) is 13.3. The summed E-state index contributed by atoms with van der Waals surface area (Å²) in [5, 5.41) is 8.98. The van der Waals surface area contributed by atoms with E-state index in [1.165, 1.54) is 18.4 Å². The first-order valence-corrected chi connectivity index (χ1v) is 7.86. The minimum atomic E-state index is 0.278. The largest absolute Gasteiger partial charge is 0.497 e. The highest BCUT2D eigenvalue weighted by Gasteiger charge is 2.19. The summed E-state index contributed by atoms with van der Waals surface area (Å²) in [4.78, 5) is 4.76. The van der Waals surface area contributed by atoms with Gasteiger partial charge in [0.05, 0.1) is 13.7 Å². The van der Waals surface area contributed by atoms with Crippen LogP contribution in [0.25, 0.3) is 0 Å². The fraction of sp³-hybridized carbons (Fsp3) is 0.647. The van der Waals surface area contributed by atoms with Crippen LogP contribution >= 0.6 is 0 Å². The number of β-amino-alcohol motifs (C(OH)–C–C–N with tert-alkyl or cyclic N) is 1. The van der Waals surface area contributed by atoms with Gasteiger partial charge >= 0.3 is 0 Å². The molecule has 4 nitrogen and oxygen atoms in total. The number of hydrogen-bond acceptors (Lipinski definition) is 4. The second-order valence-corrected chi connectivity index (χ2v) is 6.06. The van der Waals surface area contributed by atoms with Crippen molar-refractivity contribution in [3.8, 4) is 5.75 Å². The van der Waals surface area contributed by atoms with E-state index in [-0.39, 0.29) is 6.61 Å². The van der Waals surface area contributed by atoms with Gasteiger partial charge in [-0.25, -0.2) is 0 Å². The van der Waals surface area contributed by atoms with Crippen LogP contribution in [0.2, 0.25) is 0 Å². The highest BCUT2D eigenvalue weighted by Crippen LogP contribution is 2.19. The number of aliphatic hydroxyl groups excluding tert-OH is 1. The van der Waals surface area contributed by atoms with E-state index in [1.807, 2.05) is 6.07 Å². The van der Waals surface area contributed by atoms with Gasteiger partial charge in [-0.2, -0.15) is 0 Å². The van der Waals surface area contributed by atoms with Gasteiger partial charge < -0.3 is 19.6 Å². The maximum absolute atomic E-state index is 8.98. The number of ether oxygens (including phenoxy) is 1. The molecule has 0 amide bonds. The molecule has 118 valence electrons. The molecular weight excluding hydrogens is 264 g/mol. The molecule has 1 aliphatic rings. The van der Waals surface area contributed by atoms with Crippen LogP contribution in [0, 0.1) is 5.92 Å². The Morgan fingerprint density at radius 3 is 2.76 bits per heavy atom. The molecule has 1 aromatic rings. The van der Waals surface area contributed by atoms with E-state index in [4.69, 9.17) is 9.84 Å². The zero-order chi connectivity index (χ0) is 15.1. The van der Waals surface area contributed by atoms with E-state index in [1.54, 1.807) is 7.11 Å². The third-order valence-electron chi connectivity index (χ3n) is 4.28. The van der Waals surface area contributed by atoms with Gasteiger partial charge in [-0.15, -0.1) is 0 Å². The summed E-state index contributed by atoms with van der Waals surface area (Å²) in [7, 11) is 3.91. The molecule has 0 spiro atoms. The Labute approximate surface area is 128 Å². The molecule has 1 saturated heterocycles. The number of rotatable bonds is 7. The molecular formula is C17H28N2O2. The maximum Gasteiger partial charge on any atom is 0.119 e. The van der Waals surface area contributed by atoms with Crippen LogP contribution < -0.4 is 4.74 Å². The van der Waals surface area contributed by atoms with Gasteiger partial charge in [0, 0.05) is 19.6 Å². The lowest BCUT2D eigenvalue weighted by Crippen LogP contribution is -2.38. The molecule has 1 heterocycles. The molecule has 0 atom stereocenters. The first-order valence-electron chi connectivity index (χ1n) is 7.86. The third-order valence-corrected chi connectivity index (χ3v) is 4.28. The SMILES string of the molecule is COc1cccc(CN(C)CC2CCN(CCO)CC2)c1. The Balaban J connectivity index is 1.75. The molecule has 1 aliphatic heterocycles. The van der Waals surface area contributed by atoms with Crippen molar-refractivity contribution in [3.05, 3.63) is 29.8 Å². The molecule has 1 aromatic carbocycles. The summed E-state index contributed by atoms with van der Waals surface area (Å²) in [5.41, 5.74) is 1.30. The summed E-state index contributed by atoms with van der Waals surface area (Å²) in [6.45, 7) is 5.46. The average molecular weight is 292 g/mol. The number of aliphatic hydroxyl groups is 1. The van der Waals surface area contributed by atoms with Crippen LogP contribution in [0.5, 0.6) is 5.75 Å². The maximum atomic E-state index is 8.98. The van der Waals surface area contributed by atoms with Crippen molar-refractivity contribution < 1.29 is 9.84 Å². The van der Waals surface area contributed by atoms with Crippen molar-refractivity contribution in [3.63, 3.8) is 0 Å². The molecule has 0 unspecified atom stereocenters. The second kappa shape index (κ2) is 8.37. The smallest absolute Gasteiger partial charge is 0.119 e. The Morgan fingerprint density at radius 1 is 1.33 bits per heavy atom. The summed E-state index contributed by atoms with van der Waals surface area (Å²) in [6.07, 6.45) is 2.48. The Bertz CT molecular complexity index is 417. The van der Waals surface area contributed by atoms with Gasteiger partial charge in [0.2, 0.25) is 0 Å². The quantitative estimate of drug-likeness (QED) is 0.832. The van der Waals surface area contributed by atoms with E-state index in [0.717, 1.165) is 44.4 Å². The lowest BCUT2D eigenvalue weighted by atomic mass is 9.96. The van der Waals surface area contributed by atoms with E-state index in [2.05, 4.69) is 35.0 Å². The van der Waals surface area contributed by atoms with Gasteiger partial charge in [-0.1, -0.05) is 12.1 Å². The molecule has 1 N–H and O–H groups in total. The first-order chi connectivity index (χ1) is 10.2. The van der Waals surface area contributed by atoms with Gasteiger partial charge in [-0.05, 0) is 56.6 Å². The summed E-state index contributed by atoms with van der Waals surface area (Å²) in [6, 6.07) is 8.30. The Kier molecular flexibility index (Phi) is 6.49. The number of nitrogens with zero attached hydrogens (tertiary/aromatic N) is 2. The highest BCUT2D eigenvalue weighted by molar-refractivity contribution is 5.28. The van der Waals surface area contributed by atoms with Crippen LogP contribution in [0.15, 0.2) is 24.3 Å². The third kappa shape index (κ3) is 5.30. The lowest BCUT2D eigenvalue weighted by molar-refractivity contribution is 0.129. The van der Waals surface area contributed by atoms with Crippen molar-refractivity contribution >= 4 is 0 Å². The van der Waals surface area contributed by atoms with Crippen molar-refractivity contribution in [2.24, 2.45) is 5.92 Å². The monoisotopic (exact) mass is 292 g/mol. The predicted molar refractivity (Wildman–Crippen MR) is 85.6 cm³/mol. The van der Waals surface area contributed by atoms with Gasteiger partial charge in [0.1, 0.15) is 5.75 Å². The molecule has 0 aromatic heterocycles. The molecule has 0 aliphatic carbocycles. The average Bonchev–Trinajstić information content (AvgIpc) is 2.49. The van der Waals surface area contributed by atoms with Crippen LogP contribution in [0.4, 0.5) is 0 Å². The molecule has 21 heavy (non-hydrogen) atoms. The van der Waals surface area contributed by atoms with Crippen LogP contribution in [0.1, 0.15) is 18.4 Å². The molecule has 4 heteroatoms. The fourth-order valence-corrected chi connectivity index (χ4v) is 3.12. The number of benzene rings is 1. The van der Waals surface area contributed by atoms with Crippen molar-refractivity contribution in [2.45, 2.75) is 19.4 Å². The van der Waals surface area contributed by atoms with E-state index in [0.29, 0.717) is 0 Å². The molecule has 0 saturated carbocycles. The van der Waals surface area contributed by atoms with E-state index >= 15 is 0 Å². The summed E-state index contributed by atoms with van der Waals surface area (Å²) >= 11 is 0. The van der Waals surface area contributed by atoms with Crippen molar-refractivity contribution in [2.75, 3.05) is 46.9 Å². The highest BCUT2D eigenvalue weighted by atomic mass is 16.5. The van der Waals surface area contributed by atoms with Gasteiger partial charge in [0.15, 0.2) is 0 Å². The first kappa shape index (κ1) is 16.3. The topological polar surface area (TPSA) is 35.9 Å².